The third-order valence-electron chi connectivity index (χ3n) is 12.3. The fraction of sp³-hybridized carbons (Fsp3) is 0.279. The Kier molecular flexibility index (Phi) is 26.0. The molecule has 410 valence electrons. The van der Waals surface area contributed by atoms with Gasteiger partial charge in [0, 0.05) is 64.0 Å². The normalized spacial score (nSPS) is 10.2. The van der Waals surface area contributed by atoms with Crippen LogP contribution in [0.15, 0.2) is 158 Å². The Labute approximate surface area is 455 Å². The maximum absolute atomic E-state index is 12.5. The molecule has 3 amide bonds. The van der Waals surface area contributed by atoms with E-state index in [9.17, 15) is 38.9 Å². The molecule has 0 aromatic heterocycles. The highest BCUT2D eigenvalue weighted by atomic mass is 16.6. The van der Waals surface area contributed by atoms with Crippen molar-refractivity contribution < 1.29 is 48.3 Å². The maximum Gasteiger partial charge on any atom is 0.413 e. The third-order valence-corrected chi connectivity index (χ3v) is 12.3. The molecule has 7 aromatic rings. The van der Waals surface area contributed by atoms with Crippen molar-refractivity contribution in [3.63, 3.8) is 0 Å². The number of amides is 3. The van der Waals surface area contributed by atoms with Crippen LogP contribution in [0.2, 0.25) is 0 Å². The molecule has 0 aliphatic heterocycles. The number of nitro benzene ring substituents is 1. The van der Waals surface area contributed by atoms with Crippen molar-refractivity contribution in [1.82, 2.24) is 0 Å². The Balaban J connectivity index is 0.000000248. The number of hydrogen-bond acceptors (Lipinski definition) is 12. The molecule has 0 radical (unpaired) electrons. The summed E-state index contributed by atoms with van der Waals surface area (Å²) in [6.07, 6.45) is 7.33. The van der Waals surface area contributed by atoms with Gasteiger partial charge in [-0.2, -0.15) is 0 Å². The minimum Gasteiger partial charge on any atom is -0.481 e. The number of nitrogens with zero attached hydrogens (tertiary/aromatic N) is 3. The summed E-state index contributed by atoms with van der Waals surface area (Å²) in [5.74, 6) is -0.529. The number of nitro groups is 1. The van der Waals surface area contributed by atoms with Crippen molar-refractivity contribution in [1.29, 1.82) is 0 Å². The number of rotatable bonds is 21. The molecule has 7 rings (SSSR count). The Morgan fingerprint density at radius 2 is 0.936 bits per heavy atom. The van der Waals surface area contributed by atoms with Crippen molar-refractivity contribution in [2.24, 2.45) is 0 Å². The van der Waals surface area contributed by atoms with Crippen LogP contribution in [0.5, 0.6) is 0 Å². The number of ether oxygens (including phenoxy) is 2. The van der Waals surface area contributed by atoms with E-state index in [0.717, 1.165) is 77.6 Å². The average Bonchev–Trinajstić information content (AvgIpc) is 3.47. The number of ketones is 2. The molecule has 0 fully saturated rings. The van der Waals surface area contributed by atoms with Crippen molar-refractivity contribution in [3.8, 4) is 0 Å². The van der Waals surface area contributed by atoms with Gasteiger partial charge in [-0.15, -0.1) is 0 Å². The number of aliphatic carboxylic acids is 1. The lowest BCUT2D eigenvalue weighted by molar-refractivity contribution is -0.383. The third kappa shape index (κ3) is 20.2. The molecular weight excluding hydrogens is 993 g/mol. The van der Waals surface area contributed by atoms with Crippen LogP contribution in [-0.2, 0) is 19.1 Å². The quantitative estimate of drug-likeness (QED) is 0.0172. The molecule has 0 aliphatic carbocycles. The van der Waals surface area contributed by atoms with Gasteiger partial charge in [-0.3, -0.25) is 39.1 Å². The number of nitrogens with one attached hydrogen (secondary N) is 2. The number of para-hydroxylation sites is 6. The van der Waals surface area contributed by atoms with E-state index in [1.165, 1.54) is 30.1 Å². The molecule has 17 nitrogen and oxygen atoms in total. The SMILES string of the molecule is CNc1ccccc1[N+](=O)[O-].COC(=O)N(C)c1ccccc1N.COC(=O)N(C)c1ccccc1NC(=O)CCCCCCC(=O)c1ccc2ccccc2c1.O=C(O)CCCCCCC(=O)c1ccc2ccccc2c1. The van der Waals surface area contributed by atoms with E-state index in [2.05, 4.69) is 15.4 Å². The molecule has 0 heterocycles. The fourth-order valence-electron chi connectivity index (χ4n) is 8.05. The van der Waals surface area contributed by atoms with E-state index in [0.29, 0.717) is 54.1 Å². The van der Waals surface area contributed by atoms with Gasteiger partial charge in [0.25, 0.3) is 5.69 Å². The molecule has 17 heteroatoms. The Morgan fingerprint density at radius 3 is 1.40 bits per heavy atom. The number of carbonyl (C=O) groups excluding carboxylic acids is 5. The summed E-state index contributed by atoms with van der Waals surface area (Å²) in [4.78, 5) is 82.9. The smallest absolute Gasteiger partial charge is 0.413 e. The zero-order valence-corrected chi connectivity index (χ0v) is 44.9. The summed E-state index contributed by atoms with van der Waals surface area (Å²) >= 11 is 0. The van der Waals surface area contributed by atoms with E-state index in [4.69, 9.17) is 15.6 Å². The van der Waals surface area contributed by atoms with E-state index < -0.39 is 23.1 Å². The van der Waals surface area contributed by atoms with Crippen LogP contribution >= 0.6 is 0 Å². The van der Waals surface area contributed by atoms with Crippen molar-refractivity contribution in [2.75, 3.05) is 61.5 Å². The molecule has 7 aromatic carbocycles. The number of unbranched alkanes of at least 4 members (excludes halogenated alkanes) is 6. The Morgan fingerprint density at radius 1 is 0.526 bits per heavy atom. The molecule has 0 saturated carbocycles. The van der Waals surface area contributed by atoms with Crippen molar-refractivity contribution in [3.05, 3.63) is 179 Å². The monoisotopic (exact) mass is 1060 g/mol. The number of Topliss-reactive ketones (excluding diaryl/α,β-unsaturated/α-hetero) is 2. The van der Waals surface area contributed by atoms with Gasteiger partial charge < -0.3 is 30.9 Å². The maximum atomic E-state index is 12.5. The van der Waals surface area contributed by atoms with Gasteiger partial charge in [-0.05, 0) is 89.7 Å². The van der Waals surface area contributed by atoms with Gasteiger partial charge >= 0.3 is 18.2 Å². The lowest BCUT2D eigenvalue weighted by Crippen LogP contribution is -2.27. The average molecular weight is 1060 g/mol. The fourth-order valence-corrected chi connectivity index (χ4v) is 8.05. The zero-order valence-electron chi connectivity index (χ0n) is 44.9. The van der Waals surface area contributed by atoms with E-state index >= 15 is 0 Å². The highest BCUT2D eigenvalue weighted by Crippen LogP contribution is 2.27. The van der Waals surface area contributed by atoms with E-state index in [1.807, 2.05) is 97.1 Å². The molecular formula is C61H70N6O11. The lowest BCUT2D eigenvalue weighted by atomic mass is 10.0. The first-order chi connectivity index (χ1) is 37.6. The second-order valence-electron chi connectivity index (χ2n) is 17.9. The first-order valence-electron chi connectivity index (χ1n) is 25.6. The predicted molar refractivity (Wildman–Crippen MR) is 310 cm³/mol. The lowest BCUT2D eigenvalue weighted by Gasteiger charge is -2.19. The second kappa shape index (κ2) is 33.0. The molecule has 0 unspecified atom stereocenters. The Bertz CT molecular complexity index is 3110. The van der Waals surface area contributed by atoms with Crippen LogP contribution in [0, 0.1) is 10.1 Å². The first-order valence-corrected chi connectivity index (χ1v) is 25.6. The number of benzene rings is 7. The van der Waals surface area contributed by atoms with Crippen molar-refractivity contribution in [2.45, 2.75) is 77.0 Å². The molecule has 5 N–H and O–H groups in total. The van der Waals surface area contributed by atoms with Gasteiger partial charge in [0.1, 0.15) is 5.69 Å². The van der Waals surface area contributed by atoms with E-state index in [1.54, 1.807) is 75.7 Å². The van der Waals surface area contributed by atoms with Crippen molar-refractivity contribution >= 4 is 91.3 Å². The summed E-state index contributed by atoms with van der Waals surface area (Å²) in [5, 5.41) is 28.9. The van der Waals surface area contributed by atoms with Gasteiger partial charge in [0.15, 0.2) is 11.6 Å². The van der Waals surface area contributed by atoms with Gasteiger partial charge in [0.2, 0.25) is 5.91 Å². The van der Waals surface area contributed by atoms with Gasteiger partial charge in [0.05, 0.1) is 41.9 Å². The molecule has 0 atom stereocenters. The Hall–Kier alpha value is -9.12. The van der Waals surface area contributed by atoms with Crippen LogP contribution in [0.25, 0.3) is 21.5 Å². The predicted octanol–water partition coefficient (Wildman–Crippen LogP) is 13.8. The number of nitrogens with two attached hydrogens (primary N) is 1. The number of methoxy groups -OCH3 is 2. The highest BCUT2D eigenvalue weighted by molar-refractivity contribution is 6.01. The number of anilines is 5. The summed E-state index contributed by atoms with van der Waals surface area (Å²) < 4.78 is 9.30. The summed E-state index contributed by atoms with van der Waals surface area (Å²) in [5.41, 5.74) is 10.2. The number of carboxylic acids is 1. The second-order valence-corrected chi connectivity index (χ2v) is 17.9. The minimum atomic E-state index is -0.748. The molecule has 0 spiro atoms. The zero-order chi connectivity index (χ0) is 56.8. The van der Waals surface area contributed by atoms with Crippen LogP contribution in [-0.4, -0.2) is 81.0 Å². The number of hydrogen-bond donors (Lipinski definition) is 4. The van der Waals surface area contributed by atoms with Crippen LogP contribution in [0.1, 0.15) is 97.8 Å². The molecule has 0 saturated heterocycles. The molecule has 0 bridgehead atoms. The van der Waals surface area contributed by atoms with Gasteiger partial charge in [-0.25, -0.2) is 9.59 Å². The summed E-state index contributed by atoms with van der Waals surface area (Å²) in [6.45, 7) is 0. The standard InChI is InChI=1S/C27H30N2O4.C18H20O3.C9H12N2O2.C7H8N2O2/c1-29(27(32)33-2)24-14-10-9-13-23(24)28-26(31)16-6-4-3-5-15-25(30)22-18-17-20-11-7-8-12-21(20)19-22;19-17(9-3-1-2-4-10-18(20)21)16-12-11-14-7-5-6-8-15(14)13-16;1-11(9(12)13-2)8-6-4-3-5-7(8)10;1-8-6-4-2-3-5-7(6)9(10)11/h7-14,17-19H,3-6,15-16H2,1-2H3,(H,28,31);5-8,11-13H,1-4,9-10H2,(H,20,21);3-6H,10H2,1-2H3;2-5,8H,1H3. The van der Waals surface area contributed by atoms with Crippen LogP contribution in [0.4, 0.5) is 43.7 Å². The number of nitrogen functional groups attached to an aromatic ring is 1. The summed E-state index contributed by atoms with van der Waals surface area (Å²) in [6, 6.07) is 48.4. The van der Waals surface area contributed by atoms with Crippen LogP contribution in [0.3, 0.4) is 0 Å². The first kappa shape index (κ1) is 61.4. The highest BCUT2D eigenvalue weighted by Gasteiger charge is 2.17. The number of fused-ring (bicyclic) bond motifs is 2. The number of carbonyl (C=O) groups is 6. The van der Waals surface area contributed by atoms with Gasteiger partial charge in [-0.1, -0.05) is 135 Å². The topological polar surface area (TPSA) is 241 Å². The molecule has 0 aliphatic rings. The molecule has 78 heavy (non-hydrogen) atoms. The summed E-state index contributed by atoms with van der Waals surface area (Å²) in [7, 11) is 7.50. The van der Waals surface area contributed by atoms with E-state index in [-0.39, 0.29) is 29.6 Å². The minimum absolute atomic E-state index is 0.104. The van der Waals surface area contributed by atoms with Crippen LogP contribution < -0.4 is 26.2 Å². The largest absolute Gasteiger partial charge is 0.481 e. The number of carboxylic acid groups (broad SMARTS) is 1.